The number of ether oxygens (including phenoxy) is 1. The van der Waals surface area contributed by atoms with Crippen LogP contribution < -0.4 is 5.32 Å². The fourth-order valence-electron chi connectivity index (χ4n) is 3.42. The van der Waals surface area contributed by atoms with Gasteiger partial charge in [-0.25, -0.2) is 0 Å². The van der Waals surface area contributed by atoms with Crippen LogP contribution in [0, 0.1) is 5.41 Å². The monoisotopic (exact) mass is 284 g/mol. The van der Waals surface area contributed by atoms with E-state index in [0.717, 1.165) is 32.8 Å². The molecule has 0 aromatic rings. The van der Waals surface area contributed by atoms with Crippen molar-refractivity contribution < 1.29 is 4.74 Å². The largest absolute Gasteiger partial charge is 0.380 e. The van der Waals surface area contributed by atoms with E-state index in [1.54, 1.807) is 0 Å². The average molecular weight is 284 g/mol. The molecule has 0 radical (unpaired) electrons. The van der Waals surface area contributed by atoms with Crippen molar-refractivity contribution in [2.24, 2.45) is 5.41 Å². The van der Waals surface area contributed by atoms with Crippen LogP contribution in [0.4, 0.5) is 0 Å². The summed E-state index contributed by atoms with van der Waals surface area (Å²) in [6.45, 7) is 14.0. The van der Waals surface area contributed by atoms with Gasteiger partial charge in [0.15, 0.2) is 0 Å². The van der Waals surface area contributed by atoms with E-state index < -0.39 is 0 Å². The summed E-state index contributed by atoms with van der Waals surface area (Å²) in [4.78, 5) is 2.60. The molecule has 0 atom stereocenters. The summed E-state index contributed by atoms with van der Waals surface area (Å²) in [5, 5.41) is 3.63. The highest BCUT2D eigenvalue weighted by atomic mass is 16.5. The lowest BCUT2D eigenvalue weighted by Crippen LogP contribution is -2.45. The van der Waals surface area contributed by atoms with Crippen LogP contribution in [0.15, 0.2) is 0 Å². The Labute approximate surface area is 126 Å². The normalized spacial score (nSPS) is 19.2. The van der Waals surface area contributed by atoms with Crippen molar-refractivity contribution >= 4 is 0 Å². The SMILES string of the molecule is CCNCC1(CN(CC)CCOCC)CCCCCC1. The molecule has 1 fully saturated rings. The number of rotatable bonds is 10. The molecule has 0 spiro atoms. The molecule has 0 bridgehead atoms. The highest BCUT2D eigenvalue weighted by Gasteiger charge is 2.32. The maximum Gasteiger partial charge on any atom is 0.0593 e. The van der Waals surface area contributed by atoms with E-state index in [1.807, 2.05) is 0 Å². The van der Waals surface area contributed by atoms with Crippen LogP contribution in [-0.4, -0.2) is 50.8 Å². The maximum atomic E-state index is 5.54. The molecule has 0 heterocycles. The Morgan fingerprint density at radius 2 is 1.75 bits per heavy atom. The highest BCUT2D eigenvalue weighted by Crippen LogP contribution is 2.35. The lowest BCUT2D eigenvalue weighted by molar-refractivity contribution is 0.0816. The topological polar surface area (TPSA) is 24.5 Å². The molecular formula is C17H36N2O. The van der Waals surface area contributed by atoms with Gasteiger partial charge in [0.05, 0.1) is 6.61 Å². The number of nitrogens with one attached hydrogen (secondary N) is 1. The number of nitrogens with zero attached hydrogens (tertiary/aromatic N) is 1. The number of hydrogen-bond acceptors (Lipinski definition) is 3. The van der Waals surface area contributed by atoms with Crippen molar-refractivity contribution in [3.63, 3.8) is 0 Å². The summed E-state index contributed by atoms with van der Waals surface area (Å²) in [7, 11) is 0. The van der Waals surface area contributed by atoms with Crippen LogP contribution in [0.1, 0.15) is 59.3 Å². The number of likely N-dealkylation sites (N-methyl/N-ethyl adjacent to an activating group) is 1. The summed E-state index contributed by atoms with van der Waals surface area (Å²) >= 11 is 0. The Morgan fingerprint density at radius 3 is 2.30 bits per heavy atom. The van der Waals surface area contributed by atoms with Gasteiger partial charge in [0.2, 0.25) is 0 Å². The zero-order chi connectivity index (χ0) is 14.7. The summed E-state index contributed by atoms with van der Waals surface area (Å²) in [5.41, 5.74) is 0.495. The van der Waals surface area contributed by atoms with Gasteiger partial charge in [-0.2, -0.15) is 0 Å². The van der Waals surface area contributed by atoms with Crippen molar-refractivity contribution in [2.45, 2.75) is 59.3 Å². The predicted molar refractivity (Wildman–Crippen MR) is 87.3 cm³/mol. The van der Waals surface area contributed by atoms with Gasteiger partial charge in [-0.05, 0) is 38.3 Å². The first-order valence-electron chi connectivity index (χ1n) is 8.77. The third kappa shape index (κ3) is 6.55. The molecule has 0 amide bonds. The Balaban J connectivity index is 2.55. The van der Waals surface area contributed by atoms with E-state index in [-0.39, 0.29) is 0 Å². The summed E-state index contributed by atoms with van der Waals surface area (Å²) < 4.78 is 5.54. The molecule has 0 aromatic carbocycles. The fourth-order valence-corrected chi connectivity index (χ4v) is 3.42. The zero-order valence-corrected chi connectivity index (χ0v) is 14.0. The molecule has 3 heteroatoms. The number of hydrogen-bond donors (Lipinski definition) is 1. The van der Waals surface area contributed by atoms with Gasteiger partial charge in [0.1, 0.15) is 0 Å². The smallest absolute Gasteiger partial charge is 0.0593 e. The zero-order valence-electron chi connectivity index (χ0n) is 14.0. The predicted octanol–water partition coefficient (Wildman–Crippen LogP) is 3.29. The molecule has 120 valence electrons. The Hall–Kier alpha value is -0.120. The second-order valence-corrected chi connectivity index (χ2v) is 6.26. The van der Waals surface area contributed by atoms with Crippen LogP contribution in [-0.2, 0) is 4.74 Å². The molecule has 3 nitrogen and oxygen atoms in total. The lowest BCUT2D eigenvalue weighted by Gasteiger charge is -2.38. The molecule has 0 aromatic heterocycles. The van der Waals surface area contributed by atoms with E-state index >= 15 is 0 Å². The minimum Gasteiger partial charge on any atom is -0.380 e. The Bertz CT molecular complexity index is 225. The molecule has 20 heavy (non-hydrogen) atoms. The van der Waals surface area contributed by atoms with E-state index in [2.05, 4.69) is 31.0 Å². The second-order valence-electron chi connectivity index (χ2n) is 6.26. The molecule has 1 N–H and O–H groups in total. The molecular weight excluding hydrogens is 248 g/mol. The first-order valence-corrected chi connectivity index (χ1v) is 8.77. The fraction of sp³-hybridized carbons (Fsp3) is 1.00. The lowest BCUT2D eigenvalue weighted by atomic mass is 9.79. The molecule has 0 saturated heterocycles. The minimum atomic E-state index is 0.495. The average Bonchev–Trinajstić information content (AvgIpc) is 2.70. The second kappa shape index (κ2) is 10.6. The summed E-state index contributed by atoms with van der Waals surface area (Å²) in [6, 6.07) is 0. The Morgan fingerprint density at radius 1 is 1.05 bits per heavy atom. The van der Waals surface area contributed by atoms with Crippen LogP contribution >= 0.6 is 0 Å². The van der Waals surface area contributed by atoms with Crippen LogP contribution in [0.5, 0.6) is 0 Å². The van der Waals surface area contributed by atoms with Crippen molar-refractivity contribution in [1.82, 2.24) is 10.2 Å². The molecule has 0 unspecified atom stereocenters. The third-order valence-corrected chi connectivity index (χ3v) is 4.68. The standard InChI is InChI=1S/C17H36N2O/c1-4-18-15-17(11-9-7-8-10-12-17)16-19(5-2)13-14-20-6-3/h18H,4-16H2,1-3H3. The van der Waals surface area contributed by atoms with Gasteiger partial charge in [-0.3, -0.25) is 0 Å². The van der Waals surface area contributed by atoms with Crippen LogP contribution in [0.2, 0.25) is 0 Å². The Kier molecular flexibility index (Phi) is 9.49. The van der Waals surface area contributed by atoms with Crippen molar-refractivity contribution in [3.8, 4) is 0 Å². The van der Waals surface area contributed by atoms with E-state index in [0.29, 0.717) is 5.41 Å². The minimum absolute atomic E-state index is 0.495. The van der Waals surface area contributed by atoms with Gasteiger partial charge in [0.25, 0.3) is 0 Å². The highest BCUT2D eigenvalue weighted by molar-refractivity contribution is 4.86. The van der Waals surface area contributed by atoms with Crippen molar-refractivity contribution in [2.75, 3.05) is 45.9 Å². The summed E-state index contributed by atoms with van der Waals surface area (Å²) in [6.07, 6.45) is 8.47. The van der Waals surface area contributed by atoms with Gasteiger partial charge in [0, 0.05) is 26.2 Å². The van der Waals surface area contributed by atoms with Crippen molar-refractivity contribution in [3.05, 3.63) is 0 Å². The van der Waals surface area contributed by atoms with Gasteiger partial charge >= 0.3 is 0 Å². The van der Waals surface area contributed by atoms with Crippen LogP contribution in [0.25, 0.3) is 0 Å². The van der Waals surface area contributed by atoms with Gasteiger partial charge in [-0.15, -0.1) is 0 Å². The van der Waals surface area contributed by atoms with E-state index in [1.165, 1.54) is 51.6 Å². The van der Waals surface area contributed by atoms with E-state index in [9.17, 15) is 0 Å². The quantitative estimate of drug-likeness (QED) is 0.492. The first-order chi connectivity index (χ1) is 9.76. The molecule has 1 saturated carbocycles. The maximum absolute atomic E-state index is 5.54. The molecule has 1 rings (SSSR count). The first kappa shape index (κ1) is 17.9. The molecule has 0 aliphatic heterocycles. The third-order valence-electron chi connectivity index (χ3n) is 4.68. The molecule has 1 aliphatic rings. The summed E-state index contributed by atoms with van der Waals surface area (Å²) in [5.74, 6) is 0. The van der Waals surface area contributed by atoms with Gasteiger partial charge in [-0.1, -0.05) is 39.5 Å². The van der Waals surface area contributed by atoms with Crippen LogP contribution in [0.3, 0.4) is 0 Å². The molecule has 1 aliphatic carbocycles. The van der Waals surface area contributed by atoms with Crippen molar-refractivity contribution in [1.29, 1.82) is 0 Å². The van der Waals surface area contributed by atoms with E-state index in [4.69, 9.17) is 4.74 Å². The van der Waals surface area contributed by atoms with Gasteiger partial charge < -0.3 is 15.0 Å².